The van der Waals surface area contributed by atoms with Gasteiger partial charge >= 0.3 is 6.03 Å². The fourth-order valence-electron chi connectivity index (χ4n) is 4.51. The summed E-state index contributed by atoms with van der Waals surface area (Å²) in [7, 11) is 3.13. The number of piperazine rings is 1. The van der Waals surface area contributed by atoms with Gasteiger partial charge in [0.25, 0.3) is 5.91 Å². The molecule has 192 valence electrons. The highest BCUT2D eigenvalue weighted by Crippen LogP contribution is 2.29. The first-order valence-electron chi connectivity index (χ1n) is 12.3. The molecule has 0 aliphatic carbocycles. The van der Waals surface area contributed by atoms with Gasteiger partial charge in [-0.2, -0.15) is 0 Å². The van der Waals surface area contributed by atoms with E-state index in [0.717, 1.165) is 50.6 Å². The molecule has 0 atom stereocenters. The number of benzene rings is 2. The molecule has 2 heterocycles. The molecule has 1 N–H and O–H groups in total. The van der Waals surface area contributed by atoms with E-state index in [0.29, 0.717) is 30.2 Å². The molecule has 0 bridgehead atoms. The lowest BCUT2D eigenvalue weighted by molar-refractivity contribution is -0.122. The maximum Gasteiger partial charge on any atom is 0.329 e. The Labute approximate surface area is 212 Å². The SMILES string of the molecule is CCOc1ccccc1N1CCN(CCCN2C(=O)N/C(=C\c3cc(OC)cc(OC)c3)C2=O)CC1. The van der Waals surface area contributed by atoms with Crippen molar-refractivity contribution in [2.24, 2.45) is 0 Å². The zero-order valence-corrected chi connectivity index (χ0v) is 21.2. The van der Waals surface area contributed by atoms with Crippen LogP contribution in [0.3, 0.4) is 0 Å². The molecule has 9 nitrogen and oxygen atoms in total. The first-order valence-corrected chi connectivity index (χ1v) is 12.3. The van der Waals surface area contributed by atoms with Crippen molar-refractivity contribution in [3.05, 3.63) is 53.7 Å². The highest BCUT2D eigenvalue weighted by Gasteiger charge is 2.33. The number of imide groups is 1. The minimum Gasteiger partial charge on any atom is -0.497 e. The van der Waals surface area contributed by atoms with Gasteiger partial charge < -0.3 is 24.4 Å². The fraction of sp³-hybridized carbons (Fsp3) is 0.407. The average Bonchev–Trinajstić information content (AvgIpc) is 3.16. The molecule has 2 saturated heterocycles. The minimum absolute atomic E-state index is 0.247. The van der Waals surface area contributed by atoms with Crippen LogP contribution in [0.2, 0.25) is 0 Å². The Hall–Kier alpha value is -3.72. The fourth-order valence-corrected chi connectivity index (χ4v) is 4.51. The number of urea groups is 1. The van der Waals surface area contributed by atoms with Crippen LogP contribution in [0.15, 0.2) is 48.2 Å². The smallest absolute Gasteiger partial charge is 0.329 e. The summed E-state index contributed by atoms with van der Waals surface area (Å²) in [4.78, 5) is 31.3. The maximum atomic E-state index is 12.9. The molecular weight excluding hydrogens is 460 g/mol. The van der Waals surface area contributed by atoms with E-state index in [9.17, 15) is 9.59 Å². The van der Waals surface area contributed by atoms with Crippen molar-refractivity contribution < 1.29 is 23.8 Å². The molecule has 9 heteroatoms. The standard InChI is InChI=1S/C27H34N4O5/c1-4-36-25-9-6-5-8-24(25)30-14-12-29(13-15-30)10-7-11-31-26(32)23(28-27(31)33)18-20-16-21(34-2)19-22(17-20)35-3/h5-6,8-9,16-19H,4,7,10-15H2,1-3H3,(H,28,33)/b23-18-. The number of para-hydroxylation sites is 2. The highest BCUT2D eigenvalue weighted by atomic mass is 16.5. The lowest BCUT2D eigenvalue weighted by Crippen LogP contribution is -2.47. The van der Waals surface area contributed by atoms with Gasteiger partial charge in [-0.3, -0.25) is 14.6 Å². The van der Waals surface area contributed by atoms with Crippen LogP contribution in [0.1, 0.15) is 18.9 Å². The van der Waals surface area contributed by atoms with Crippen molar-refractivity contribution >= 4 is 23.7 Å². The van der Waals surface area contributed by atoms with Crippen LogP contribution in [0.4, 0.5) is 10.5 Å². The summed E-state index contributed by atoms with van der Waals surface area (Å²) in [6.07, 6.45) is 2.36. The number of ether oxygens (including phenoxy) is 3. The van der Waals surface area contributed by atoms with E-state index >= 15 is 0 Å². The summed E-state index contributed by atoms with van der Waals surface area (Å²) in [6, 6.07) is 13.1. The van der Waals surface area contributed by atoms with Gasteiger partial charge in [-0.05, 0) is 55.8 Å². The predicted octanol–water partition coefficient (Wildman–Crippen LogP) is 3.21. The predicted molar refractivity (Wildman–Crippen MR) is 139 cm³/mol. The largest absolute Gasteiger partial charge is 0.497 e. The summed E-state index contributed by atoms with van der Waals surface area (Å²) in [5.74, 6) is 1.81. The molecule has 3 amide bonds. The molecule has 2 aliphatic rings. The van der Waals surface area contributed by atoms with E-state index in [1.165, 1.54) is 4.90 Å². The van der Waals surface area contributed by atoms with Gasteiger partial charge in [0.2, 0.25) is 0 Å². The topological polar surface area (TPSA) is 83.6 Å². The first kappa shape index (κ1) is 25.4. The molecule has 0 radical (unpaired) electrons. The van der Waals surface area contributed by atoms with Gasteiger partial charge in [0.1, 0.15) is 22.9 Å². The molecular formula is C27H34N4O5. The van der Waals surface area contributed by atoms with Crippen LogP contribution < -0.4 is 24.4 Å². The van der Waals surface area contributed by atoms with Crippen LogP contribution >= 0.6 is 0 Å². The second kappa shape index (κ2) is 11.8. The number of hydrogen-bond acceptors (Lipinski definition) is 7. The number of rotatable bonds is 10. The molecule has 2 aromatic rings. The molecule has 2 fully saturated rings. The lowest BCUT2D eigenvalue weighted by atomic mass is 10.1. The average molecular weight is 495 g/mol. The van der Waals surface area contributed by atoms with Gasteiger partial charge in [0, 0.05) is 38.8 Å². The third-order valence-corrected chi connectivity index (χ3v) is 6.38. The number of anilines is 1. The number of methoxy groups -OCH3 is 2. The van der Waals surface area contributed by atoms with E-state index in [-0.39, 0.29) is 11.6 Å². The number of hydrogen-bond donors (Lipinski definition) is 1. The van der Waals surface area contributed by atoms with Crippen LogP contribution in [0.5, 0.6) is 17.2 Å². The highest BCUT2D eigenvalue weighted by molar-refractivity contribution is 6.14. The van der Waals surface area contributed by atoms with Gasteiger partial charge in [-0.15, -0.1) is 0 Å². The van der Waals surface area contributed by atoms with Crippen molar-refractivity contribution in [1.82, 2.24) is 15.1 Å². The van der Waals surface area contributed by atoms with Crippen molar-refractivity contribution in [3.63, 3.8) is 0 Å². The minimum atomic E-state index is -0.390. The van der Waals surface area contributed by atoms with Crippen molar-refractivity contribution in [3.8, 4) is 17.2 Å². The van der Waals surface area contributed by atoms with Gasteiger partial charge in [-0.25, -0.2) is 4.79 Å². The summed E-state index contributed by atoms with van der Waals surface area (Å²) in [6.45, 7) is 7.49. The molecule has 0 spiro atoms. The van der Waals surface area contributed by atoms with E-state index in [1.807, 2.05) is 25.1 Å². The first-order chi connectivity index (χ1) is 17.5. The Bertz CT molecular complexity index is 1090. The Morgan fingerprint density at radius 3 is 2.31 bits per heavy atom. The second-order valence-corrected chi connectivity index (χ2v) is 8.67. The van der Waals surface area contributed by atoms with Crippen molar-refractivity contribution in [1.29, 1.82) is 0 Å². The second-order valence-electron chi connectivity index (χ2n) is 8.67. The summed E-state index contributed by atoms with van der Waals surface area (Å²) in [5.41, 5.74) is 2.09. The molecule has 2 aromatic carbocycles. The number of carbonyl (C=O) groups excluding carboxylic acids is 2. The zero-order chi connectivity index (χ0) is 25.5. The lowest BCUT2D eigenvalue weighted by Gasteiger charge is -2.36. The monoisotopic (exact) mass is 494 g/mol. The molecule has 0 aromatic heterocycles. The van der Waals surface area contributed by atoms with Crippen LogP contribution in [-0.2, 0) is 4.79 Å². The molecule has 36 heavy (non-hydrogen) atoms. The molecule has 4 rings (SSSR count). The molecule has 2 aliphatic heterocycles. The van der Waals surface area contributed by atoms with Gasteiger partial charge in [0.15, 0.2) is 0 Å². The van der Waals surface area contributed by atoms with Gasteiger partial charge in [0.05, 0.1) is 26.5 Å². The summed E-state index contributed by atoms with van der Waals surface area (Å²) in [5, 5.41) is 2.69. The Kier molecular flexibility index (Phi) is 8.32. The third kappa shape index (κ3) is 5.91. The quantitative estimate of drug-likeness (QED) is 0.401. The summed E-state index contributed by atoms with van der Waals surface area (Å²) < 4.78 is 16.3. The number of carbonyl (C=O) groups is 2. The number of nitrogens with one attached hydrogen (secondary N) is 1. The number of amides is 3. The van der Waals surface area contributed by atoms with E-state index in [1.54, 1.807) is 38.5 Å². The normalized spacial score (nSPS) is 17.5. The van der Waals surface area contributed by atoms with E-state index < -0.39 is 6.03 Å². The Morgan fingerprint density at radius 1 is 0.944 bits per heavy atom. The Balaban J connectivity index is 1.28. The Morgan fingerprint density at radius 2 is 1.64 bits per heavy atom. The van der Waals surface area contributed by atoms with Crippen LogP contribution in [0, 0.1) is 0 Å². The third-order valence-electron chi connectivity index (χ3n) is 6.38. The van der Waals surface area contributed by atoms with Crippen molar-refractivity contribution in [2.75, 3.05) is 65.0 Å². The van der Waals surface area contributed by atoms with Crippen LogP contribution in [0.25, 0.3) is 6.08 Å². The van der Waals surface area contributed by atoms with E-state index in [2.05, 4.69) is 21.2 Å². The summed E-state index contributed by atoms with van der Waals surface area (Å²) >= 11 is 0. The van der Waals surface area contributed by atoms with Crippen LogP contribution in [-0.4, -0.2) is 81.8 Å². The van der Waals surface area contributed by atoms with Crippen molar-refractivity contribution in [2.45, 2.75) is 13.3 Å². The zero-order valence-electron chi connectivity index (χ0n) is 21.2. The molecule has 0 unspecified atom stereocenters. The van der Waals surface area contributed by atoms with E-state index in [4.69, 9.17) is 14.2 Å². The van der Waals surface area contributed by atoms with Gasteiger partial charge in [-0.1, -0.05) is 12.1 Å². The molecule has 0 saturated carbocycles. The number of nitrogens with zero attached hydrogens (tertiary/aromatic N) is 3. The maximum absolute atomic E-state index is 12.9.